The van der Waals surface area contributed by atoms with Crippen LogP contribution in [-0.2, 0) is 21.4 Å². The van der Waals surface area contributed by atoms with Crippen LogP contribution in [0.3, 0.4) is 0 Å². The fourth-order valence-electron chi connectivity index (χ4n) is 5.79. The van der Waals surface area contributed by atoms with Crippen molar-refractivity contribution in [1.29, 1.82) is 0 Å². The standard InChI is InChI=1S/C26H29F2N5O2S.C2HF3O2/c1-17-21(13-29-26(24(17)28)36(34,35)31-23-10-6-9-22(27)30-23)32(2)25-19-11-12-20(25)16-33(15-19)14-18-7-4-3-5-8-18;3-2(4,5)1(6)7/h3-10,13,19-20,25H,11-12,14-16H2,1-2H3,(H,30,31);(H,6,7)/t19-,20+,25-;. The molecular weight excluding hydrogens is 597 g/mol. The number of hydrogen-bond acceptors (Lipinski definition) is 7. The highest BCUT2D eigenvalue weighted by molar-refractivity contribution is 7.92. The smallest absolute Gasteiger partial charge is 0.475 e. The second kappa shape index (κ2) is 12.8. The molecule has 3 heterocycles. The van der Waals surface area contributed by atoms with Gasteiger partial charge >= 0.3 is 12.1 Å². The number of carboxylic acid groups (broad SMARTS) is 1. The highest BCUT2D eigenvalue weighted by Gasteiger charge is 2.44. The molecule has 9 nitrogen and oxygen atoms in total. The van der Waals surface area contributed by atoms with Crippen molar-refractivity contribution in [3.05, 3.63) is 77.6 Å². The van der Waals surface area contributed by atoms with Crippen molar-refractivity contribution in [2.45, 2.75) is 43.6 Å². The van der Waals surface area contributed by atoms with Gasteiger partial charge < -0.3 is 10.0 Å². The van der Waals surface area contributed by atoms with Crippen LogP contribution in [0.4, 0.5) is 33.5 Å². The number of likely N-dealkylation sites (tertiary alicyclic amines) is 1. The van der Waals surface area contributed by atoms with Crippen LogP contribution in [0.2, 0.25) is 0 Å². The van der Waals surface area contributed by atoms with E-state index < -0.39 is 39.0 Å². The first-order valence-corrected chi connectivity index (χ1v) is 14.8. The Balaban J connectivity index is 0.000000541. The molecule has 2 fully saturated rings. The summed E-state index contributed by atoms with van der Waals surface area (Å²) in [5.74, 6) is -3.90. The molecule has 0 radical (unpaired) electrons. The lowest BCUT2D eigenvalue weighted by molar-refractivity contribution is -0.192. The van der Waals surface area contributed by atoms with E-state index in [1.54, 1.807) is 6.92 Å². The van der Waals surface area contributed by atoms with Crippen LogP contribution < -0.4 is 9.62 Å². The van der Waals surface area contributed by atoms with E-state index in [-0.39, 0.29) is 17.4 Å². The molecule has 3 aromatic rings. The minimum atomic E-state index is -5.08. The number of carboxylic acids is 1. The van der Waals surface area contributed by atoms with E-state index in [0.717, 1.165) is 38.5 Å². The summed E-state index contributed by atoms with van der Waals surface area (Å²) in [6.07, 6.45) is -1.45. The average molecular weight is 628 g/mol. The van der Waals surface area contributed by atoms with Crippen molar-refractivity contribution in [3.63, 3.8) is 0 Å². The lowest BCUT2D eigenvalue weighted by Gasteiger charge is -2.43. The van der Waals surface area contributed by atoms with Crippen molar-refractivity contribution < 1.29 is 40.3 Å². The van der Waals surface area contributed by atoms with Gasteiger partial charge in [-0.25, -0.2) is 19.2 Å². The number of nitrogens with one attached hydrogen (secondary N) is 1. The summed E-state index contributed by atoms with van der Waals surface area (Å²) in [5.41, 5.74) is 2.09. The maximum atomic E-state index is 15.4. The number of sulfonamides is 1. The van der Waals surface area contributed by atoms with Gasteiger partial charge in [0.2, 0.25) is 11.0 Å². The average Bonchev–Trinajstić information content (AvgIpc) is 3.19. The fraction of sp³-hybridized carbons (Fsp3) is 0.393. The predicted molar refractivity (Wildman–Crippen MR) is 148 cm³/mol. The third-order valence-corrected chi connectivity index (χ3v) is 8.86. The minimum absolute atomic E-state index is 0.214. The zero-order valence-electron chi connectivity index (χ0n) is 23.2. The first-order valence-electron chi connectivity index (χ1n) is 13.3. The van der Waals surface area contributed by atoms with Crippen molar-refractivity contribution in [3.8, 4) is 0 Å². The number of carbonyl (C=O) groups is 1. The number of hydrogen-bond donors (Lipinski definition) is 2. The van der Waals surface area contributed by atoms with E-state index in [9.17, 15) is 26.0 Å². The van der Waals surface area contributed by atoms with Gasteiger partial charge in [0.05, 0.1) is 11.9 Å². The van der Waals surface area contributed by atoms with Crippen LogP contribution in [0.15, 0.2) is 59.8 Å². The van der Waals surface area contributed by atoms with Gasteiger partial charge in [-0.15, -0.1) is 0 Å². The van der Waals surface area contributed by atoms with Crippen LogP contribution in [0.1, 0.15) is 24.0 Å². The molecule has 0 amide bonds. The Bertz CT molecular complexity index is 1540. The number of halogens is 5. The quantitative estimate of drug-likeness (QED) is 0.283. The van der Waals surface area contributed by atoms with Gasteiger partial charge in [0.25, 0.3) is 10.0 Å². The zero-order valence-corrected chi connectivity index (χ0v) is 24.0. The van der Waals surface area contributed by atoms with Gasteiger partial charge in [0, 0.05) is 38.3 Å². The molecule has 15 heteroatoms. The second-order valence-corrected chi connectivity index (χ2v) is 12.1. The van der Waals surface area contributed by atoms with Gasteiger partial charge in [0.15, 0.2) is 5.82 Å². The molecule has 1 aliphatic heterocycles. The van der Waals surface area contributed by atoms with Crippen LogP contribution in [-0.4, -0.2) is 66.7 Å². The summed E-state index contributed by atoms with van der Waals surface area (Å²) >= 11 is 0. The molecule has 0 unspecified atom stereocenters. The number of pyridine rings is 2. The summed E-state index contributed by atoms with van der Waals surface area (Å²) in [4.78, 5) is 20.9. The monoisotopic (exact) mass is 627 g/mol. The molecule has 1 aliphatic carbocycles. The number of aromatic nitrogens is 2. The van der Waals surface area contributed by atoms with Crippen molar-refractivity contribution >= 4 is 27.5 Å². The molecule has 2 aromatic heterocycles. The Morgan fingerprint density at radius 3 is 2.23 bits per heavy atom. The summed E-state index contributed by atoms with van der Waals surface area (Å²) in [7, 11) is -2.45. The van der Waals surface area contributed by atoms with Crippen LogP contribution in [0.25, 0.3) is 0 Å². The number of alkyl halides is 3. The Labute approximate surface area is 245 Å². The summed E-state index contributed by atoms with van der Waals surface area (Å²) in [6, 6.07) is 14.3. The van der Waals surface area contributed by atoms with Gasteiger partial charge in [-0.1, -0.05) is 36.4 Å². The van der Waals surface area contributed by atoms with Crippen molar-refractivity contribution in [2.75, 3.05) is 29.8 Å². The SMILES string of the molecule is Cc1c(N(C)[C@@H]2[C@@H]3CC[C@H]2CN(Cc2ccccc2)C3)cnc(S(=O)(=O)Nc2cccc(F)n2)c1F.O=C(O)C(F)(F)F. The minimum Gasteiger partial charge on any atom is -0.475 e. The molecular formula is C28H30F5N5O4S. The fourth-order valence-corrected chi connectivity index (χ4v) is 6.86. The molecule has 3 atom stereocenters. The molecule has 1 saturated carbocycles. The summed E-state index contributed by atoms with van der Waals surface area (Å²) in [5, 5.41) is 6.39. The first-order chi connectivity index (χ1) is 20.2. The Hall–Kier alpha value is -3.85. The number of nitrogens with zero attached hydrogens (tertiary/aromatic N) is 4. The second-order valence-electron chi connectivity index (χ2n) is 10.5. The topological polar surface area (TPSA) is 116 Å². The molecule has 2 N–H and O–H groups in total. The lowest BCUT2D eigenvalue weighted by Crippen LogP contribution is -2.51. The summed E-state index contributed by atoms with van der Waals surface area (Å²) < 4.78 is 88.1. The molecule has 2 aliphatic rings. The molecule has 5 rings (SSSR count). The Kier molecular flexibility index (Phi) is 9.54. The maximum Gasteiger partial charge on any atom is 0.490 e. The first kappa shape index (κ1) is 32.1. The number of anilines is 2. The predicted octanol–water partition coefficient (Wildman–Crippen LogP) is 4.84. The zero-order chi connectivity index (χ0) is 31.5. The molecule has 43 heavy (non-hydrogen) atoms. The third-order valence-electron chi connectivity index (χ3n) is 7.59. The number of fused-ring (bicyclic) bond motifs is 2. The van der Waals surface area contributed by atoms with Gasteiger partial charge in [-0.3, -0.25) is 9.62 Å². The molecule has 1 aromatic carbocycles. The number of rotatable bonds is 7. The highest BCUT2D eigenvalue weighted by atomic mass is 32.2. The Morgan fingerprint density at radius 2 is 1.67 bits per heavy atom. The van der Waals surface area contributed by atoms with Crippen LogP contribution >= 0.6 is 0 Å². The molecule has 232 valence electrons. The van der Waals surface area contributed by atoms with E-state index >= 15 is 4.39 Å². The van der Waals surface area contributed by atoms with E-state index in [1.807, 2.05) is 13.1 Å². The maximum absolute atomic E-state index is 15.4. The van der Waals surface area contributed by atoms with E-state index in [0.29, 0.717) is 17.5 Å². The van der Waals surface area contributed by atoms with E-state index in [2.05, 4.69) is 48.8 Å². The van der Waals surface area contributed by atoms with Crippen molar-refractivity contribution in [1.82, 2.24) is 14.9 Å². The van der Waals surface area contributed by atoms with E-state index in [1.165, 1.54) is 23.9 Å². The van der Waals surface area contributed by atoms with Crippen LogP contribution in [0.5, 0.6) is 0 Å². The normalized spacial score (nSPS) is 20.2. The van der Waals surface area contributed by atoms with Crippen molar-refractivity contribution in [2.24, 2.45) is 11.8 Å². The van der Waals surface area contributed by atoms with Gasteiger partial charge in [-0.05, 0) is 49.3 Å². The lowest BCUT2D eigenvalue weighted by atomic mass is 9.90. The van der Waals surface area contributed by atoms with Crippen LogP contribution in [0, 0.1) is 30.5 Å². The molecule has 0 spiro atoms. The Morgan fingerprint density at radius 1 is 1.07 bits per heavy atom. The molecule has 2 bridgehead atoms. The molecule has 1 saturated heterocycles. The number of benzene rings is 1. The van der Waals surface area contributed by atoms with Gasteiger partial charge in [-0.2, -0.15) is 26.0 Å². The number of piperidine rings is 1. The largest absolute Gasteiger partial charge is 0.490 e. The number of aliphatic carboxylic acids is 1. The summed E-state index contributed by atoms with van der Waals surface area (Å²) in [6.45, 7) is 4.41. The highest BCUT2D eigenvalue weighted by Crippen LogP contribution is 2.42. The van der Waals surface area contributed by atoms with Gasteiger partial charge in [0.1, 0.15) is 5.82 Å². The third kappa shape index (κ3) is 7.57. The van der Waals surface area contributed by atoms with E-state index in [4.69, 9.17) is 9.90 Å².